The van der Waals surface area contributed by atoms with Crippen molar-refractivity contribution in [3.8, 4) is 0 Å². The number of amides is 1. The number of anilines is 1. The second-order valence-electron chi connectivity index (χ2n) is 5.57. The van der Waals surface area contributed by atoms with Crippen LogP contribution in [0.15, 0.2) is 30.5 Å². The van der Waals surface area contributed by atoms with Gasteiger partial charge in [0.05, 0.1) is 5.56 Å². The van der Waals surface area contributed by atoms with Crippen LogP contribution in [0.5, 0.6) is 0 Å². The van der Waals surface area contributed by atoms with Crippen LogP contribution in [0.2, 0.25) is 0 Å². The highest BCUT2D eigenvalue weighted by Gasteiger charge is 2.25. The van der Waals surface area contributed by atoms with E-state index in [1.165, 1.54) is 12.8 Å². The molecule has 0 unspecified atom stereocenters. The Kier molecular flexibility index (Phi) is 3.75. The van der Waals surface area contributed by atoms with Crippen molar-refractivity contribution in [2.24, 2.45) is 0 Å². The number of nitrogens with one attached hydrogen (secondary N) is 1. The van der Waals surface area contributed by atoms with E-state index in [0.717, 1.165) is 17.3 Å². The van der Waals surface area contributed by atoms with Crippen LogP contribution in [-0.2, 0) is 0 Å². The smallest absolute Gasteiger partial charge is 0.253 e. The fourth-order valence-corrected chi connectivity index (χ4v) is 2.53. The minimum atomic E-state index is -0.0945. The van der Waals surface area contributed by atoms with Crippen molar-refractivity contribution in [2.45, 2.75) is 18.9 Å². The zero-order valence-electron chi connectivity index (χ0n) is 12.2. The number of fused-ring (bicyclic) bond motifs is 1. The molecule has 0 spiro atoms. The summed E-state index contributed by atoms with van der Waals surface area (Å²) in [6.07, 6.45) is 4.10. The molecule has 0 aliphatic heterocycles. The first-order valence-electron chi connectivity index (χ1n) is 7.28. The molecule has 110 valence electrons. The molecular weight excluding hydrogens is 264 g/mol. The lowest BCUT2D eigenvalue weighted by Crippen LogP contribution is -2.34. The molecular formula is C16H20N4O. The monoisotopic (exact) mass is 284 g/mol. The molecule has 1 aliphatic carbocycles. The second-order valence-corrected chi connectivity index (χ2v) is 5.57. The van der Waals surface area contributed by atoms with Crippen LogP contribution in [0.25, 0.3) is 10.8 Å². The summed E-state index contributed by atoms with van der Waals surface area (Å²) in [6.45, 7) is 1.52. The molecule has 1 fully saturated rings. The lowest BCUT2D eigenvalue weighted by atomic mass is 10.1. The van der Waals surface area contributed by atoms with Crippen molar-refractivity contribution < 1.29 is 4.79 Å². The maximum atomic E-state index is 12.3. The Balaban J connectivity index is 1.71. The molecule has 2 aromatic rings. The van der Waals surface area contributed by atoms with Gasteiger partial charge in [-0.3, -0.25) is 4.79 Å². The normalized spacial score (nSPS) is 14.6. The van der Waals surface area contributed by atoms with E-state index in [4.69, 9.17) is 5.73 Å². The fourth-order valence-electron chi connectivity index (χ4n) is 2.53. The number of nitrogen functional groups attached to an aromatic ring is 1. The van der Waals surface area contributed by atoms with Gasteiger partial charge in [0.2, 0.25) is 0 Å². The van der Waals surface area contributed by atoms with Crippen LogP contribution in [0.3, 0.4) is 0 Å². The predicted molar refractivity (Wildman–Crippen MR) is 84.1 cm³/mol. The fraction of sp³-hybridized carbons (Fsp3) is 0.375. The molecule has 1 aromatic carbocycles. The molecule has 1 saturated carbocycles. The number of nitrogens with zero attached hydrogens (tertiary/aromatic N) is 2. The lowest BCUT2D eigenvalue weighted by molar-refractivity contribution is 0.0951. The molecule has 0 atom stereocenters. The summed E-state index contributed by atoms with van der Waals surface area (Å²) in [6, 6.07) is 8.29. The second kappa shape index (κ2) is 5.69. The first kappa shape index (κ1) is 13.8. The van der Waals surface area contributed by atoms with Gasteiger partial charge >= 0.3 is 0 Å². The van der Waals surface area contributed by atoms with E-state index in [0.29, 0.717) is 24.0 Å². The number of aromatic nitrogens is 1. The first-order chi connectivity index (χ1) is 10.2. The van der Waals surface area contributed by atoms with Gasteiger partial charge in [-0.15, -0.1) is 0 Å². The van der Waals surface area contributed by atoms with Crippen molar-refractivity contribution in [3.63, 3.8) is 0 Å². The van der Waals surface area contributed by atoms with Crippen molar-refractivity contribution in [2.75, 3.05) is 25.9 Å². The minimum Gasteiger partial charge on any atom is -0.383 e. The minimum absolute atomic E-state index is 0.0945. The molecule has 0 bridgehead atoms. The average Bonchev–Trinajstić information content (AvgIpc) is 3.32. The summed E-state index contributed by atoms with van der Waals surface area (Å²) < 4.78 is 0. The van der Waals surface area contributed by atoms with Gasteiger partial charge in [0, 0.05) is 30.7 Å². The van der Waals surface area contributed by atoms with Crippen LogP contribution in [0.4, 0.5) is 5.82 Å². The molecule has 5 heteroatoms. The van der Waals surface area contributed by atoms with E-state index < -0.39 is 0 Å². The molecule has 3 rings (SSSR count). The quantitative estimate of drug-likeness (QED) is 0.875. The summed E-state index contributed by atoms with van der Waals surface area (Å²) in [5.41, 5.74) is 6.43. The van der Waals surface area contributed by atoms with Crippen molar-refractivity contribution in [1.29, 1.82) is 0 Å². The van der Waals surface area contributed by atoms with Gasteiger partial charge in [0.15, 0.2) is 0 Å². The largest absolute Gasteiger partial charge is 0.383 e. The summed E-state index contributed by atoms with van der Waals surface area (Å²) >= 11 is 0. The molecule has 1 aliphatic rings. The van der Waals surface area contributed by atoms with Crippen LogP contribution >= 0.6 is 0 Å². The summed E-state index contributed by atoms with van der Waals surface area (Å²) in [4.78, 5) is 18.7. The van der Waals surface area contributed by atoms with E-state index >= 15 is 0 Å². The van der Waals surface area contributed by atoms with Gasteiger partial charge in [0.1, 0.15) is 5.82 Å². The third-order valence-corrected chi connectivity index (χ3v) is 3.99. The van der Waals surface area contributed by atoms with E-state index in [-0.39, 0.29) is 5.91 Å². The third kappa shape index (κ3) is 2.97. The number of benzene rings is 1. The first-order valence-corrected chi connectivity index (χ1v) is 7.28. The molecule has 21 heavy (non-hydrogen) atoms. The van der Waals surface area contributed by atoms with Gasteiger partial charge in [-0.1, -0.05) is 24.3 Å². The van der Waals surface area contributed by atoms with Gasteiger partial charge < -0.3 is 16.0 Å². The summed E-state index contributed by atoms with van der Waals surface area (Å²) in [5.74, 6) is 0.360. The maximum Gasteiger partial charge on any atom is 0.253 e. The van der Waals surface area contributed by atoms with Crippen LogP contribution in [0, 0.1) is 0 Å². The number of carbonyl (C=O) groups excluding carboxylic acids is 1. The SMILES string of the molecule is CN(CCNC(=O)c1cnc(N)c2ccccc12)C1CC1. The van der Waals surface area contributed by atoms with Crippen molar-refractivity contribution in [3.05, 3.63) is 36.0 Å². The Labute approximate surface area is 124 Å². The molecule has 1 heterocycles. The molecule has 3 N–H and O–H groups in total. The van der Waals surface area contributed by atoms with Crippen molar-refractivity contribution in [1.82, 2.24) is 15.2 Å². The van der Waals surface area contributed by atoms with Gasteiger partial charge in [-0.25, -0.2) is 4.98 Å². The van der Waals surface area contributed by atoms with Gasteiger partial charge in [-0.2, -0.15) is 0 Å². The molecule has 1 aromatic heterocycles. The molecule has 0 saturated heterocycles. The van der Waals surface area contributed by atoms with E-state index in [9.17, 15) is 4.79 Å². The highest BCUT2D eigenvalue weighted by molar-refractivity contribution is 6.08. The highest BCUT2D eigenvalue weighted by atomic mass is 16.1. The topological polar surface area (TPSA) is 71.2 Å². The van der Waals surface area contributed by atoms with Crippen LogP contribution in [-0.4, -0.2) is 42.0 Å². The number of rotatable bonds is 5. The lowest BCUT2D eigenvalue weighted by Gasteiger charge is -2.16. The Morgan fingerprint density at radius 3 is 2.81 bits per heavy atom. The van der Waals surface area contributed by atoms with E-state index in [2.05, 4.69) is 22.2 Å². The predicted octanol–water partition coefficient (Wildman–Crippen LogP) is 1.64. The Morgan fingerprint density at radius 2 is 2.10 bits per heavy atom. The third-order valence-electron chi connectivity index (χ3n) is 3.99. The van der Waals surface area contributed by atoms with Crippen molar-refractivity contribution >= 4 is 22.5 Å². The molecule has 1 amide bonds. The number of nitrogens with two attached hydrogens (primary N) is 1. The standard InChI is InChI=1S/C16H20N4O/c1-20(11-6-7-11)9-8-18-16(21)14-10-19-15(17)13-5-3-2-4-12(13)14/h2-5,10-11H,6-9H2,1H3,(H2,17,19)(H,18,21). The summed E-state index contributed by atoms with van der Waals surface area (Å²) in [5, 5.41) is 4.63. The number of hydrogen-bond donors (Lipinski definition) is 2. The van der Waals surface area contributed by atoms with Gasteiger partial charge in [-0.05, 0) is 25.3 Å². The zero-order valence-corrected chi connectivity index (χ0v) is 12.2. The number of pyridine rings is 1. The van der Waals surface area contributed by atoms with Crippen LogP contribution < -0.4 is 11.1 Å². The highest BCUT2D eigenvalue weighted by Crippen LogP contribution is 2.25. The molecule has 0 radical (unpaired) electrons. The van der Waals surface area contributed by atoms with Gasteiger partial charge in [0.25, 0.3) is 5.91 Å². The number of carbonyl (C=O) groups is 1. The Hall–Kier alpha value is -2.14. The number of likely N-dealkylation sites (N-methyl/N-ethyl adjacent to an activating group) is 1. The summed E-state index contributed by atoms with van der Waals surface area (Å²) in [7, 11) is 2.10. The Bertz CT molecular complexity index is 666. The number of hydrogen-bond acceptors (Lipinski definition) is 4. The Morgan fingerprint density at radius 1 is 1.38 bits per heavy atom. The van der Waals surface area contributed by atoms with Crippen LogP contribution in [0.1, 0.15) is 23.2 Å². The molecule has 5 nitrogen and oxygen atoms in total. The zero-order chi connectivity index (χ0) is 14.8. The van der Waals surface area contributed by atoms with E-state index in [1.54, 1.807) is 6.20 Å². The average molecular weight is 284 g/mol. The maximum absolute atomic E-state index is 12.3. The van der Waals surface area contributed by atoms with E-state index in [1.807, 2.05) is 24.3 Å².